The predicted octanol–water partition coefficient (Wildman–Crippen LogP) is 3.17. The number of carbonyl (C=O) groups is 1. The van der Waals surface area contributed by atoms with Gasteiger partial charge in [0.1, 0.15) is 5.75 Å². The first-order valence-electron chi connectivity index (χ1n) is 9.95. The van der Waals surface area contributed by atoms with Crippen LogP contribution in [0, 0.1) is 0 Å². The lowest BCUT2D eigenvalue weighted by molar-refractivity contribution is 0.102. The number of aromatic nitrogens is 2. The molecule has 1 amide bonds. The van der Waals surface area contributed by atoms with Crippen LogP contribution in [0.3, 0.4) is 0 Å². The third-order valence-corrected chi connectivity index (χ3v) is 6.79. The average Bonchev–Trinajstić information content (AvgIpc) is 3.47. The molecule has 162 valence electrons. The molecule has 0 radical (unpaired) electrons. The first-order chi connectivity index (χ1) is 15.0. The van der Waals surface area contributed by atoms with Gasteiger partial charge in [-0.25, -0.2) is 8.42 Å². The van der Waals surface area contributed by atoms with E-state index in [0.717, 1.165) is 18.6 Å². The van der Waals surface area contributed by atoms with Crippen LogP contribution in [-0.4, -0.2) is 48.5 Å². The SMILES string of the molecule is CCOc1ccc(-c2nnc(NC(=O)c3ccc(S(=O)(=O)N4CCCC4)cc3)o2)cc1. The molecule has 4 rings (SSSR count). The van der Waals surface area contributed by atoms with E-state index in [1.807, 2.05) is 6.92 Å². The molecule has 0 saturated carbocycles. The fraction of sp³-hybridized carbons (Fsp3) is 0.286. The lowest BCUT2D eigenvalue weighted by Crippen LogP contribution is -2.27. The van der Waals surface area contributed by atoms with Crippen LogP contribution in [0.15, 0.2) is 57.8 Å². The van der Waals surface area contributed by atoms with E-state index in [4.69, 9.17) is 9.15 Å². The van der Waals surface area contributed by atoms with Gasteiger partial charge in [-0.2, -0.15) is 4.31 Å². The predicted molar refractivity (Wildman–Crippen MR) is 113 cm³/mol. The fourth-order valence-electron chi connectivity index (χ4n) is 3.28. The Labute approximate surface area is 180 Å². The molecular weight excluding hydrogens is 420 g/mol. The lowest BCUT2D eigenvalue weighted by Gasteiger charge is -2.15. The molecular formula is C21H22N4O5S. The van der Waals surface area contributed by atoms with E-state index in [1.54, 1.807) is 24.3 Å². The van der Waals surface area contributed by atoms with Crippen LogP contribution in [-0.2, 0) is 10.0 Å². The summed E-state index contributed by atoms with van der Waals surface area (Å²) in [5.41, 5.74) is 0.967. The van der Waals surface area contributed by atoms with Crippen LogP contribution in [0.5, 0.6) is 5.75 Å². The molecule has 1 aromatic heterocycles. The van der Waals surface area contributed by atoms with Gasteiger partial charge in [-0.3, -0.25) is 10.1 Å². The van der Waals surface area contributed by atoms with E-state index >= 15 is 0 Å². The Morgan fingerprint density at radius 1 is 1.06 bits per heavy atom. The number of nitrogens with zero attached hydrogens (tertiary/aromatic N) is 3. The smallest absolute Gasteiger partial charge is 0.322 e. The summed E-state index contributed by atoms with van der Waals surface area (Å²) in [6.45, 7) is 3.53. The molecule has 0 atom stereocenters. The molecule has 10 heteroatoms. The standard InChI is InChI=1S/C21H22N4O5S/c1-2-29-17-9-5-16(6-10-17)20-23-24-21(30-20)22-19(26)15-7-11-18(12-8-15)31(27,28)25-13-3-4-14-25/h5-12H,2-4,13-14H2,1H3,(H,22,24,26). The second kappa shape index (κ2) is 8.86. The van der Waals surface area contributed by atoms with Crippen molar-refractivity contribution in [1.29, 1.82) is 0 Å². The third-order valence-electron chi connectivity index (χ3n) is 4.88. The highest BCUT2D eigenvalue weighted by molar-refractivity contribution is 7.89. The number of nitrogens with one attached hydrogen (secondary N) is 1. The van der Waals surface area contributed by atoms with E-state index in [-0.39, 0.29) is 22.4 Å². The Hall–Kier alpha value is -3.24. The van der Waals surface area contributed by atoms with Crippen LogP contribution in [0.25, 0.3) is 11.5 Å². The zero-order valence-corrected chi connectivity index (χ0v) is 17.8. The van der Waals surface area contributed by atoms with Crippen molar-refractivity contribution in [1.82, 2.24) is 14.5 Å². The van der Waals surface area contributed by atoms with Gasteiger partial charge < -0.3 is 9.15 Å². The number of hydrogen-bond donors (Lipinski definition) is 1. The largest absolute Gasteiger partial charge is 0.494 e. The van der Waals surface area contributed by atoms with Crippen molar-refractivity contribution in [3.63, 3.8) is 0 Å². The minimum absolute atomic E-state index is 0.0531. The van der Waals surface area contributed by atoms with Crippen molar-refractivity contribution in [3.8, 4) is 17.2 Å². The maximum absolute atomic E-state index is 12.6. The van der Waals surface area contributed by atoms with Crippen molar-refractivity contribution >= 4 is 21.9 Å². The Bertz CT molecular complexity index is 1150. The number of hydrogen-bond acceptors (Lipinski definition) is 7. The van der Waals surface area contributed by atoms with Crippen molar-refractivity contribution in [3.05, 3.63) is 54.1 Å². The van der Waals surface area contributed by atoms with E-state index in [1.165, 1.54) is 28.6 Å². The van der Waals surface area contributed by atoms with Crippen LogP contribution >= 0.6 is 0 Å². The van der Waals surface area contributed by atoms with Crippen molar-refractivity contribution < 1.29 is 22.4 Å². The molecule has 1 aliphatic rings. The Kier molecular flexibility index (Phi) is 6.01. The summed E-state index contributed by atoms with van der Waals surface area (Å²) in [5, 5.41) is 10.3. The quantitative estimate of drug-likeness (QED) is 0.598. The van der Waals surface area contributed by atoms with Gasteiger partial charge in [-0.15, -0.1) is 5.10 Å². The fourth-order valence-corrected chi connectivity index (χ4v) is 4.79. The van der Waals surface area contributed by atoms with Crippen molar-refractivity contribution in [2.24, 2.45) is 0 Å². The summed E-state index contributed by atoms with van der Waals surface area (Å²) < 4.78 is 37.5. The number of benzene rings is 2. The highest BCUT2D eigenvalue weighted by Gasteiger charge is 2.27. The van der Waals surface area contributed by atoms with Gasteiger partial charge in [-0.1, -0.05) is 5.10 Å². The molecule has 0 bridgehead atoms. The van der Waals surface area contributed by atoms with E-state index in [2.05, 4.69) is 15.5 Å². The highest BCUT2D eigenvalue weighted by atomic mass is 32.2. The summed E-state index contributed by atoms with van der Waals surface area (Å²) in [5.74, 6) is 0.506. The van der Waals surface area contributed by atoms with Gasteiger partial charge in [0.2, 0.25) is 15.9 Å². The Balaban J connectivity index is 1.43. The van der Waals surface area contributed by atoms with Crippen LogP contribution in [0.4, 0.5) is 6.01 Å². The first kappa shape index (κ1) is 21.0. The number of anilines is 1. The van der Waals surface area contributed by atoms with Crippen LogP contribution in [0.2, 0.25) is 0 Å². The summed E-state index contributed by atoms with van der Waals surface area (Å²) in [7, 11) is -3.52. The normalized spacial score (nSPS) is 14.5. The molecule has 0 spiro atoms. The molecule has 1 aliphatic heterocycles. The summed E-state index contributed by atoms with van der Waals surface area (Å²) in [6.07, 6.45) is 1.73. The average molecular weight is 442 g/mol. The third kappa shape index (κ3) is 4.59. The van der Waals surface area contributed by atoms with Gasteiger partial charge in [0.15, 0.2) is 0 Å². The number of amides is 1. The highest BCUT2D eigenvalue weighted by Crippen LogP contribution is 2.24. The molecule has 3 aromatic rings. The van der Waals surface area contributed by atoms with Crippen LogP contribution in [0.1, 0.15) is 30.1 Å². The molecule has 0 unspecified atom stereocenters. The molecule has 0 aliphatic carbocycles. The zero-order valence-electron chi connectivity index (χ0n) is 16.9. The van der Waals surface area contributed by atoms with E-state index in [0.29, 0.717) is 25.3 Å². The van der Waals surface area contributed by atoms with Crippen molar-refractivity contribution in [2.75, 3.05) is 25.0 Å². The molecule has 9 nitrogen and oxygen atoms in total. The van der Waals surface area contributed by atoms with Gasteiger partial charge in [0.25, 0.3) is 5.91 Å². The van der Waals surface area contributed by atoms with Gasteiger partial charge in [0, 0.05) is 24.2 Å². The monoisotopic (exact) mass is 442 g/mol. The van der Waals surface area contributed by atoms with E-state index < -0.39 is 15.9 Å². The first-order valence-corrected chi connectivity index (χ1v) is 11.4. The second-order valence-electron chi connectivity index (χ2n) is 6.96. The van der Waals surface area contributed by atoms with Crippen LogP contribution < -0.4 is 10.1 Å². The van der Waals surface area contributed by atoms with Gasteiger partial charge in [-0.05, 0) is 68.3 Å². The number of carbonyl (C=O) groups excluding carboxylic acids is 1. The molecule has 1 saturated heterocycles. The maximum atomic E-state index is 12.6. The number of rotatable bonds is 7. The lowest BCUT2D eigenvalue weighted by atomic mass is 10.2. The summed E-state index contributed by atoms with van der Waals surface area (Å²) in [6, 6.07) is 12.9. The zero-order chi connectivity index (χ0) is 21.8. The number of sulfonamides is 1. The molecule has 1 fully saturated rings. The minimum atomic E-state index is -3.52. The summed E-state index contributed by atoms with van der Waals surface area (Å²) in [4.78, 5) is 12.6. The molecule has 31 heavy (non-hydrogen) atoms. The topological polar surface area (TPSA) is 115 Å². The van der Waals surface area contributed by atoms with Crippen molar-refractivity contribution in [2.45, 2.75) is 24.7 Å². The van der Waals surface area contributed by atoms with E-state index in [9.17, 15) is 13.2 Å². The van der Waals surface area contributed by atoms with Gasteiger partial charge >= 0.3 is 6.01 Å². The Morgan fingerprint density at radius 2 is 1.74 bits per heavy atom. The molecule has 1 N–H and O–H groups in total. The Morgan fingerprint density at radius 3 is 2.39 bits per heavy atom. The van der Waals surface area contributed by atoms with Gasteiger partial charge in [0.05, 0.1) is 11.5 Å². The second-order valence-corrected chi connectivity index (χ2v) is 8.90. The number of ether oxygens (including phenoxy) is 1. The molecule has 2 heterocycles. The molecule has 2 aromatic carbocycles. The minimum Gasteiger partial charge on any atom is -0.494 e. The summed E-state index contributed by atoms with van der Waals surface area (Å²) >= 11 is 0. The maximum Gasteiger partial charge on any atom is 0.322 e.